The second-order valence-corrected chi connectivity index (χ2v) is 3.28. The smallest absolute Gasteiger partial charge is 0.131 e. The molecule has 0 unspecified atom stereocenters. The molecular weight excluding hydrogens is 150 g/mol. The van der Waals surface area contributed by atoms with E-state index in [1.807, 2.05) is 13.0 Å². The maximum absolute atomic E-state index is 5.69. The molecule has 1 atom stereocenters. The molecule has 0 aliphatic carbocycles. The van der Waals surface area contributed by atoms with E-state index in [4.69, 9.17) is 5.73 Å². The summed E-state index contributed by atoms with van der Waals surface area (Å²) in [5.41, 5.74) is 6.60. The minimum atomic E-state index is -0.00880. The lowest BCUT2D eigenvalue weighted by atomic mass is 10.2. The highest BCUT2D eigenvalue weighted by molar-refractivity contribution is 5.07. The van der Waals surface area contributed by atoms with Crippen LogP contribution in [-0.4, -0.2) is 9.97 Å². The van der Waals surface area contributed by atoms with Crippen molar-refractivity contribution >= 4 is 0 Å². The van der Waals surface area contributed by atoms with Crippen molar-refractivity contribution in [3.05, 3.63) is 23.8 Å². The van der Waals surface area contributed by atoms with Crippen LogP contribution in [0.4, 0.5) is 0 Å². The number of nitrogens with zero attached hydrogens (tertiary/aromatic N) is 2. The fraction of sp³-hybridized carbons (Fsp3) is 0.556. The van der Waals surface area contributed by atoms with Gasteiger partial charge in [-0.1, -0.05) is 13.8 Å². The number of rotatable bonds is 2. The van der Waals surface area contributed by atoms with Crippen LogP contribution in [-0.2, 0) is 0 Å². The zero-order valence-electron chi connectivity index (χ0n) is 7.78. The molecule has 3 heteroatoms. The minimum Gasteiger partial charge on any atom is -0.323 e. The van der Waals surface area contributed by atoms with Crippen LogP contribution in [0, 0.1) is 0 Å². The van der Waals surface area contributed by atoms with Crippen LogP contribution in [0.2, 0.25) is 0 Å². The summed E-state index contributed by atoms with van der Waals surface area (Å²) in [5.74, 6) is 1.23. The summed E-state index contributed by atoms with van der Waals surface area (Å²) in [6.07, 6.45) is 1.76. The van der Waals surface area contributed by atoms with Gasteiger partial charge in [-0.2, -0.15) is 0 Å². The summed E-state index contributed by atoms with van der Waals surface area (Å²) < 4.78 is 0. The van der Waals surface area contributed by atoms with E-state index in [-0.39, 0.29) is 6.04 Å². The Morgan fingerprint density at radius 1 is 1.33 bits per heavy atom. The summed E-state index contributed by atoms with van der Waals surface area (Å²) in [4.78, 5) is 8.49. The zero-order chi connectivity index (χ0) is 9.14. The van der Waals surface area contributed by atoms with Crippen LogP contribution in [0.15, 0.2) is 12.3 Å². The van der Waals surface area contributed by atoms with Crippen molar-refractivity contribution < 1.29 is 0 Å². The summed E-state index contributed by atoms with van der Waals surface area (Å²) in [6, 6.07) is 1.85. The predicted molar refractivity (Wildman–Crippen MR) is 48.7 cm³/mol. The Bertz CT molecular complexity index is 232. The number of hydrogen-bond acceptors (Lipinski definition) is 3. The van der Waals surface area contributed by atoms with Crippen LogP contribution in [0.3, 0.4) is 0 Å². The Balaban J connectivity index is 2.96. The molecule has 2 N–H and O–H groups in total. The molecule has 0 aliphatic rings. The van der Waals surface area contributed by atoms with Gasteiger partial charge in [-0.05, 0) is 13.0 Å². The van der Waals surface area contributed by atoms with Gasteiger partial charge in [-0.15, -0.1) is 0 Å². The highest BCUT2D eigenvalue weighted by atomic mass is 14.9. The molecule has 0 amide bonds. The van der Waals surface area contributed by atoms with Crippen LogP contribution < -0.4 is 5.73 Å². The molecule has 0 radical (unpaired) electrons. The Hall–Kier alpha value is -0.960. The molecule has 0 fully saturated rings. The fourth-order valence-electron chi connectivity index (χ4n) is 0.920. The fourth-order valence-corrected chi connectivity index (χ4v) is 0.920. The quantitative estimate of drug-likeness (QED) is 0.724. The van der Waals surface area contributed by atoms with E-state index in [0.29, 0.717) is 5.92 Å². The molecule has 0 saturated heterocycles. The molecular formula is C9H15N3. The van der Waals surface area contributed by atoms with Gasteiger partial charge in [0.1, 0.15) is 5.82 Å². The van der Waals surface area contributed by atoms with Crippen molar-refractivity contribution in [1.29, 1.82) is 0 Å². The van der Waals surface area contributed by atoms with Gasteiger partial charge in [0.05, 0.1) is 5.69 Å². The molecule has 12 heavy (non-hydrogen) atoms. The van der Waals surface area contributed by atoms with Gasteiger partial charge in [0, 0.05) is 18.2 Å². The molecule has 1 aromatic rings. The van der Waals surface area contributed by atoms with Crippen molar-refractivity contribution in [2.75, 3.05) is 0 Å². The average Bonchev–Trinajstić information content (AvgIpc) is 2.04. The van der Waals surface area contributed by atoms with Crippen molar-refractivity contribution in [3.63, 3.8) is 0 Å². The largest absolute Gasteiger partial charge is 0.323 e. The highest BCUT2D eigenvalue weighted by Crippen LogP contribution is 2.11. The van der Waals surface area contributed by atoms with E-state index in [2.05, 4.69) is 23.8 Å². The molecule has 1 aromatic heterocycles. The van der Waals surface area contributed by atoms with Gasteiger partial charge in [-0.3, -0.25) is 0 Å². The Morgan fingerprint density at radius 2 is 2.00 bits per heavy atom. The first kappa shape index (κ1) is 9.13. The minimum absolute atomic E-state index is 0.00880. The normalized spacial score (nSPS) is 13.4. The molecule has 66 valence electrons. The molecule has 3 nitrogen and oxygen atoms in total. The van der Waals surface area contributed by atoms with Gasteiger partial charge in [0.25, 0.3) is 0 Å². The van der Waals surface area contributed by atoms with Gasteiger partial charge in [0.2, 0.25) is 0 Å². The third-order valence-corrected chi connectivity index (χ3v) is 1.68. The van der Waals surface area contributed by atoms with E-state index < -0.39 is 0 Å². The molecule has 1 heterocycles. The molecule has 0 bridgehead atoms. The number of hydrogen-bond donors (Lipinski definition) is 1. The summed E-state index contributed by atoms with van der Waals surface area (Å²) in [6.45, 7) is 6.06. The molecule has 1 rings (SSSR count). The third-order valence-electron chi connectivity index (χ3n) is 1.68. The first-order chi connectivity index (χ1) is 5.61. The molecule has 0 saturated carbocycles. The first-order valence-corrected chi connectivity index (χ1v) is 4.19. The molecule has 0 aliphatic heterocycles. The van der Waals surface area contributed by atoms with Crippen LogP contribution in [0.5, 0.6) is 0 Å². The van der Waals surface area contributed by atoms with Crippen molar-refractivity contribution in [2.24, 2.45) is 5.73 Å². The van der Waals surface area contributed by atoms with E-state index >= 15 is 0 Å². The van der Waals surface area contributed by atoms with E-state index in [9.17, 15) is 0 Å². The second kappa shape index (κ2) is 3.63. The Morgan fingerprint density at radius 3 is 2.50 bits per heavy atom. The zero-order valence-corrected chi connectivity index (χ0v) is 7.78. The van der Waals surface area contributed by atoms with Gasteiger partial charge < -0.3 is 5.73 Å². The highest BCUT2D eigenvalue weighted by Gasteiger charge is 2.05. The van der Waals surface area contributed by atoms with Crippen LogP contribution in [0.1, 0.15) is 44.2 Å². The lowest BCUT2D eigenvalue weighted by Gasteiger charge is -2.07. The van der Waals surface area contributed by atoms with Crippen LogP contribution in [0.25, 0.3) is 0 Å². The second-order valence-electron chi connectivity index (χ2n) is 3.28. The summed E-state index contributed by atoms with van der Waals surface area (Å²) in [5, 5.41) is 0. The first-order valence-electron chi connectivity index (χ1n) is 4.19. The SMILES string of the molecule is CC(C)c1nccc([C@H](C)N)n1. The van der Waals surface area contributed by atoms with E-state index in [0.717, 1.165) is 11.5 Å². The number of aromatic nitrogens is 2. The van der Waals surface area contributed by atoms with Crippen molar-refractivity contribution in [3.8, 4) is 0 Å². The summed E-state index contributed by atoms with van der Waals surface area (Å²) >= 11 is 0. The predicted octanol–water partition coefficient (Wildman–Crippen LogP) is 1.62. The number of nitrogens with two attached hydrogens (primary N) is 1. The van der Waals surface area contributed by atoms with E-state index in [1.54, 1.807) is 6.20 Å². The lowest BCUT2D eigenvalue weighted by Crippen LogP contribution is -2.09. The van der Waals surface area contributed by atoms with Crippen LogP contribution >= 0.6 is 0 Å². The maximum atomic E-state index is 5.69. The van der Waals surface area contributed by atoms with E-state index in [1.165, 1.54) is 0 Å². The Kier molecular flexibility index (Phi) is 2.76. The average molecular weight is 165 g/mol. The Labute approximate surface area is 73.0 Å². The van der Waals surface area contributed by atoms with Gasteiger partial charge >= 0.3 is 0 Å². The lowest BCUT2D eigenvalue weighted by molar-refractivity contribution is 0.715. The summed E-state index contributed by atoms with van der Waals surface area (Å²) in [7, 11) is 0. The standard InChI is InChI=1S/C9H15N3/c1-6(2)9-11-5-4-8(12-9)7(3)10/h4-7H,10H2,1-3H3/t7-/m0/s1. The van der Waals surface area contributed by atoms with Gasteiger partial charge in [0.15, 0.2) is 0 Å². The molecule has 0 aromatic carbocycles. The van der Waals surface area contributed by atoms with Crippen molar-refractivity contribution in [2.45, 2.75) is 32.7 Å². The monoisotopic (exact) mass is 165 g/mol. The van der Waals surface area contributed by atoms with Gasteiger partial charge in [-0.25, -0.2) is 9.97 Å². The molecule has 0 spiro atoms. The topological polar surface area (TPSA) is 51.8 Å². The van der Waals surface area contributed by atoms with Crippen molar-refractivity contribution in [1.82, 2.24) is 9.97 Å². The third kappa shape index (κ3) is 2.01. The maximum Gasteiger partial charge on any atom is 0.131 e.